The fourth-order valence-corrected chi connectivity index (χ4v) is 3.44. The molecule has 0 saturated heterocycles. The van der Waals surface area contributed by atoms with Gasteiger partial charge in [0.2, 0.25) is 11.8 Å². The molecule has 3 rings (SSSR count). The lowest BCUT2D eigenvalue weighted by atomic mass is 9.85. The zero-order chi connectivity index (χ0) is 14.1. The van der Waals surface area contributed by atoms with Crippen molar-refractivity contribution >= 4 is 27.5 Å². The standard InChI is InChI=1S/C15H19N3OS/c1-9-5-3-4-6-11(9)8-19-13-12-7-10(2)20-14(12)18-15(16)17-13/h3-4,7,9,11H,5-6,8H2,1-2H3,(H2,16,17,18). The van der Waals surface area contributed by atoms with Gasteiger partial charge >= 0.3 is 0 Å². The number of nitrogens with zero attached hydrogens (tertiary/aromatic N) is 2. The molecule has 5 heteroatoms. The average molecular weight is 289 g/mol. The van der Waals surface area contributed by atoms with E-state index in [1.165, 1.54) is 4.88 Å². The molecule has 2 aromatic rings. The molecule has 0 spiro atoms. The fraction of sp³-hybridized carbons (Fsp3) is 0.467. The number of aryl methyl sites for hydroxylation is 1. The molecule has 2 aromatic heterocycles. The van der Waals surface area contributed by atoms with Gasteiger partial charge in [0.05, 0.1) is 12.0 Å². The Kier molecular flexibility index (Phi) is 3.61. The summed E-state index contributed by atoms with van der Waals surface area (Å²) in [5.41, 5.74) is 5.76. The van der Waals surface area contributed by atoms with E-state index in [1.807, 2.05) is 0 Å². The van der Waals surface area contributed by atoms with Crippen LogP contribution >= 0.6 is 11.3 Å². The second-order valence-electron chi connectivity index (χ2n) is 5.45. The van der Waals surface area contributed by atoms with Crippen molar-refractivity contribution in [3.05, 3.63) is 23.1 Å². The molecular formula is C15H19N3OS. The van der Waals surface area contributed by atoms with Gasteiger partial charge in [0, 0.05) is 4.88 Å². The zero-order valence-corrected chi connectivity index (χ0v) is 12.6. The third kappa shape index (κ3) is 2.63. The summed E-state index contributed by atoms with van der Waals surface area (Å²) in [5, 5.41) is 0.973. The Labute approximate surface area is 122 Å². The lowest BCUT2D eigenvalue weighted by Crippen LogP contribution is -2.21. The highest BCUT2D eigenvalue weighted by atomic mass is 32.1. The Balaban J connectivity index is 1.81. The molecule has 2 heterocycles. The van der Waals surface area contributed by atoms with Gasteiger partial charge in [-0.25, -0.2) is 4.98 Å². The highest BCUT2D eigenvalue weighted by Crippen LogP contribution is 2.32. The number of ether oxygens (including phenoxy) is 1. The summed E-state index contributed by atoms with van der Waals surface area (Å²) in [5.74, 6) is 2.11. The number of allylic oxidation sites excluding steroid dienone is 2. The van der Waals surface area contributed by atoms with Crippen LogP contribution in [0.5, 0.6) is 5.88 Å². The smallest absolute Gasteiger partial charge is 0.227 e. The third-order valence-electron chi connectivity index (χ3n) is 3.85. The van der Waals surface area contributed by atoms with Crippen LogP contribution in [0.1, 0.15) is 24.6 Å². The van der Waals surface area contributed by atoms with E-state index < -0.39 is 0 Å². The molecule has 1 aliphatic rings. The molecule has 0 aliphatic heterocycles. The summed E-state index contributed by atoms with van der Waals surface area (Å²) in [4.78, 5) is 10.6. The van der Waals surface area contributed by atoms with Gasteiger partial charge in [-0.1, -0.05) is 19.1 Å². The maximum absolute atomic E-state index is 5.96. The highest BCUT2D eigenvalue weighted by Gasteiger charge is 2.20. The maximum atomic E-state index is 5.96. The van der Waals surface area contributed by atoms with Crippen LogP contribution in [0.2, 0.25) is 0 Å². The van der Waals surface area contributed by atoms with Gasteiger partial charge in [-0.05, 0) is 37.7 Å². The van der Waals surface area contributed by atoms with Crippen LogP contribution in [0.25, 0.3) is 10.2 Å². The van der Waals surface area contributed by atoms with Crippen LogP contribution in [0.3, 0.4) is 0 Å². The van der Waals surface area contributed by atoms with E-state index in [1.54, 1.807) is 11.3 Å². The Bertz CT molecular complexity index is 650. The number of anilines is 1. The van der Waals surface area contributed by atoms with Crippen LogP contribution in [0.4, 0.5) is 5.95 Å². The van der Waals surface area contributed by atoms with E-state index in [0.29, 0.717) is 24.3 Å². The first-order valence-corrected chi connectivity index (χ1v) is 7.76. The van der Waals surface area contributed by atoms with Crippen molar-refractivity contribution in [2.24, 2.45) is 11.8 Å². The van der Waals surface area contributed by atoms with Crippen LogP contribution in [0, 0.1) is 18.8 Å². The first-order chi connectivity index (χ1) is 9.63. The van der Waals surface area contributed by atoms with Gasteiger partial charge in [0.1, 0.15) is 4.83 Å². The minimum Gasteiger partial charge on any atom is -0.477 e. The minimum atomic E-state index is 0.283. The van der Waals surface area contributed by atoms with Gasteiger partial charge in [-0.15, -0.1) is 11.3 Å². The van der Waals surface area contributed by atoms with Gasteiger partial charge in [-0.2, -0.15) is 4.98 Å². The van der Waals surface area contributed by atoms with E-state index in [9.17, 15) is 0 Å². The van der Waals surface area contributed by atoms with Crippen molar-refractivity contribution in [1.29, 1.82) is 0 Å². The molecule has 2 N–H and O–H groups in total. The molecule has 20 heavy (non-hydrogen) atoms. The second kappa shape index (κ2) is 5.40. The van der Waals surface area contributed by atoms with Crippen molar-refractivity contribution in [3.63, 3.8) is 0 Å². The molecule has 0 amide bonds. The number of hydrogen-bond acceptors (Lipinski definition) is 5. The number of aromatic nitrogens is 2. The number of nitrogens with two attached hydrogens (primary N) is 1. The van der Waals surface area contributed by atoms with Crippen molar-refractivity contribution in [1.82, 2.24) is 9.97 Å². The second-order valence-corrected chi connectivity index (χ2v) is 6.69. The lowest BCUT2D eigenvalue weighted by molar-refractivity contribution is 0.195. The van der Waals surface area contributed by atoms with E-state index in [4.69, 9.17) is 10.5 Å². The summed E-state index contributed by atoms with van der Waals surface area (Å²) in [6, 6.07) is 2.07. The minimum absolute atomic E-state index is 0.283. The molecule has 0 fully saturated rings. The Morgan fingerprint density at radius 2 is 2.15 bits per heavy atom. The molecule has 2 atom stereocenters. The molecule has 0 radical (unpaired) electrons. The monoisotopic (exact) mass is 289 g/mol. The predicted molar refractivity (Wildman–Crippen MR) is 83.1 cm³/mol. The molecule has 4 nitrogen and oxygen atoms in total. The first-order valence-electron chi connectivity index (χ1n) is 6.95. The molecule has 0 saturated carbocycles. The van der Waals surface area contributed by atoms with Crippen LogP contribution in [0.15, 0.2) is 18.2 Å². The van der Waals surface area contributed by atoms with Gasteiger partial charge in [0.25, 0.3) is 0 Å². The van der Waals surface area contributed by atoms with Gasteiger partial charge < -0.3 is 10.5 Å². The van der Waals surface area contributed by atoms with E-state index in [2.05, 4.69) is 42.0 Å². The SMILES string of the molecule is Cc1cc2c(OCC3CC=CCC3C)nc(N)nc2s1. The summed E-state index contributed by atoms with van der Waals surface area (Å²) in [6.45, 7) is 5.02. The average Bonchev–Trinajstić information content (AvgIpc) is 2.77. The number of rotatable bonds is 3. The summed E-state index contributed by atoms with van der Waals surface area (Å²) in [6.07, 6.45) is 6.71. The number of thiophene rings is 1. The largest absolute Gasteiger partial charge is 0.477 e. The Hall–Kier alpha value is -1.62. The maximum Gasteiger partial charge on any atom is 0.227 e. The molecule has 2 unspecified atom stereocenters. The lowest BCUT2D eigenvalue weighted by Gasteiger charge is -2.24. The molecule has 106 valence electrons. The normalized spacial score (nSPS) is 22.3. The summed E-state index contributed by atoms with van der Waals surface area (Å²) in [7, 11) is 0. The topological polar surface area (TPSA) is 61.0 Å². The van der Waals surface area contributed by atoms with Crippen molar-refractivity contribution in [2.45, 2.75) is 26.7 Å². The van der Waals surface area contributed by atoms with Gasteiger partial charge in [0.15, 0.2) is 0 Å². The highest BCUT2D eigenvalue weighted by molar-refractivity contribution is 7.18. The van der Waals surface area contributed by atoms with E-state index in [-0.39, 0.29) is 5.95 Å². The molecule has 0 aromatic carbocycles. The summed E-state index contributed by atoms with van der Waals surface area (Å²) < 4.78 is 5.96. The predicted octanol–water partition coefficient (Wildman–Crippen LogP) is 3.56. The zero-order valence-electron chi connectivity index (χ0n) is 11.8. The Morgan fingerprint density at radius 3 is 2.95 bits per heavy atom. The number of nitrogen functional groups attached to an aromatic ring is 1. The van der Waals surface area contributed by atoms with Crippen molar-refractivity contribution < 1.29 is 4.74 Å². The quantitative estimate of drug-likeness (QED) is 0.878. The van der Waals surface area contributed by atoms with Crippen molar-refractivity contribution in [3.8, 4) is 5.88 Å². The van der Waals surface area contributed by atoms with E-state index in [0.717, 1.165) is 23.1 Å². The third-order valence-corrected chi connectivity index (χ3v) is 4.79. The first kappa shape index (κ1) is 13.4. The Morgan fingerprint density at radius 1 is 1.35 bits per heavy atom. The number of fused-ring (bicyclic) bond motifs is 1. The molecule has 1 aliphatic carbocycles. The molecule has 0 bridgehead atoms. The van der Waals surface area contributed by atoms with Gasteiger partial charge in [-0.3, -0.25) is 0 Å². The fourth-order valence-electron chi connectivity index (χ4n) is 2.57. The molecular weight excluding hydrogens is 270 g/mol. The van der Waals surface area contributed by atoms with Crippen LogP contribution in [-0.4, -0.2) is 16.6 Å². The van der Waals surface area contributed by atoms with E-state index >= 15 is 0 Å². The van der Waals surface area contributed by atoms with Crippen molar-refractivity contribution in [2.75, 3.05) is 12.3 Å². The number of hydrogen-bond donors (Lipinski definition) is 1. The van der Waals surface area contributed by atoms with Crippen LogP contribution in [-0.2, 0) is 0 Å². The van der Waals surface area contributed by atoms with Crippen LogP contribution < -0.4 is 10.5 Å². The summed E-state index contributed by atoms with van der Waals surface area (Å²) >= 11 is 1.62.